The molecule has 1 aromatic carbocycles. The number of halogens is 1. The van der Waals surface area contributed by atoms with Gasteiger partial charge in [0.05, 0.1) is 7.11 Å². The molecule has 1 aromatic rings. The minimum atomic E-state index is 0.524. The van der Waals surface area contributed by atoms with Crippen LogP contribution in [0, 0.1) is 6.92 Å². The van der Waals surface area contributed by atoms with Gasteiger partial charge in [-0.05, 0) is 55.5 Å². The second kappa shape index (κ2) is 5.07. The van der Waals surface area contributed by atoms with E-state index in [0.29, 0.717) is 5.92 Å². The van der Waals surface area contributed by atoms with Crippen LogP contribution in [0.5, 0.6) is 5.75 Å². The number of ether oxygens (including phenoxy) is 1. The minimum Gasteiger partial charge on any atom is -0.496 e. The summed E-state index contributed by atoms with van der Waals surface area (Å²) in [5.41, 5.74) is 2.32. The Morgan fingerprint density at radius 2 is 2.25 bits per heavy atom. The van der Waals surface area contributed by atoms with Crippen LogP contribution in [0.3, 0.4) is 0 Å². The summed E-state index contributed by atoms with van der Waals surface area (Å²) in [5.74, 6) is 1.46. The fourth-order valence-corrected chi connectivity index (χ4v) is 2.69. The Kier molecular flexibility index (Phi) is 3.72. The Morgan fingerprint density at radius 1 is 1.44 bits per heavy atom. The van der Waals surface area contributed by atoms with E-state index in [2.05, 4.69) is 11.4 Å². The third-order valence-electron chi connectivity index (χ3n) is 3.25. The molecule has 1 fully saturated rings. The van der Waals surface area contributed by atoms with Crippen molar-refractivity contribution in [2.75, 3.05) is 20.2 Å². The van der Waals surface area contributed by atoms with E-state index in [9.17, 15) is 0 Å². The van der Waals surface area contributed by atoms with Gasteiger partial charge in [0.2, 0.25) is 0 Å². The topological polar surface area (TPSA) is 21.3 Å². The molecule has 0 radical (unpaired) electrons. The Morgan fingerprint density at radius 3 is 2.88 bits per heavy atom. The number of hydrogen-bond donors (Lipinski definition) is 1. The van der Waals surface area contributed by atoms with E-state index in [4.69, 9.17) is 16.3 Å². The number of hydrogen-bond acceptors (Lipinski definition) is 2. The van der Waals surface area contributed by atoms with Gasteiger partial charge in [-0.25, -0.2) is 0 Å². The molecule has 2 nitrogen and oxygen atoms in total. The lowest BCUT2D eigenvalue weighted by molar-refractivity contribution is 0.408. The van der Waals surface area contributed by atoms with Crippen molar-refractivity contribution in [3.8, 4) is 5.75 Å². The van der Waals surface area contributed by atoms with E-state index in [1.54, 1.807) is 7.11 Å². The molecular weight excluding hydrogens is 222 g/mol. The van der Waals surface area contributed by atoms with Gasteiger partial charge in [0.25, 0.3) is 0 Å². The zero-order valence-electron chi connectivity index (χ0n) is 9.85. The lowest BCUT2D eigenvalue weighted by Crippen LogP contribution is -2.28. The third-order valence-corrected chi connectivity index (χ3v) is 3.58. The van der Waals surface area contributed by atoms with Crippen LogP contribution in [-0.2, 0) is 0 Å². The highest BCUT2D eigenvalue weighted by Crippen LogP contribution is 2.34. The molecule has 1 unspecified atom stereocenters. The van der Waals surface area contributed by atoms with Crippen LogP contribution in [0.4, 0.5) is 0 Å². The first-order chi connectivity index (χ1) is 7.72. The van der Waals surface area contributed by atoms with Crippen molar-refractivity contribution in [2.45, 2.75) is 25.7 Å². The number of aryl methyl sites for hydroxylation is 1. The fraction of sp³-hybridized carbons (Fsp3) is 0.538. The van der Waals surface area contributed by atoms with Gasteiger partial charge < -0.3 is 10.1 Å². The Hall–Kier alpha value is -0.730. The largest absolute Gasteiger partial charge is 0.496 e. The number of nitrogens with one attached hydrogen (secondary N) is 1. The second-order valence-electron chi connectivity index (χ2n) is 4.39. The Balaban J connectivity index is 2.31. The van der Waals surface area contributed by atoms with Crippen molar-refractivity contribution < 1.29 is 4.74 Å². The average Bonchev–Trinajstić information content (AvgIpc) is 2.30. The van der Waals surface area contributed by atoms with Gasteiger partial charge in [0.15, 0.2) is 0 Å². The molecule has 3 heteroatoms. The van der Waals surface area contributed by atoms with Crippen LogP contribution in [0.15, 0.2) is 12.1 Å². The molecule has 1 aliphatic heterocycles. The van der Waals surface area contributed by atoms with Gasteiger partial charge in [-0.15, -0.1) is 0 Å². The van der Waals surface area contributed by atoms with E-state index >= 15 is 0 Å². The molecule has 0 aliphatic carbocycles. The Bertz CT molecular complexity index is 372. The average molecular weight is 240 g/mol. The summed E-state index contributed by atoms with van der Waals surface area (Å²) in [7, 11) is 1.71. The number of benzene rings is 1. The van der Waals surface area contributed by atoms with Crippen molar-refractivity contribution in [1.29, 1.82) is 0 Å². The maximum Gasteiger partial charge on any atom is 0.122 e. The van der Waals surface area contributed by atoms with E-state index in [-0.39, 0.29) is 0 Å². The molecule has 1 atom stereocenters. The number of piperidine rings is 1. The lowest BCUT2D eigenvalue weighted by atomic mass is 9.91. The monoisotopic (exact) mass is 239 g/mol. The number of rotatable bonds is 2. The van der Waals surface area contributed by atoms with Gasteiger partial charge in [-0.3, -0.25) is 0 Å². The van der Waals surface area contributed by atoms with Crippen LogP contribution in [0.25, 0.3) is 0 Å². The fourth-order valence-electron chi connectivity index (χ4n) is 2.32. The first-order valence-corrected chi connectivity index (χ1v) is 6.15. The van der Waals surface area contributed by atoms with Gasteiger partial charge >= 0.3 is 0 Å². The SMILES string of the molecule is COc1cc(C2CCCNC2)c(Cl)cc1C. The molecule has 0 bridgehead atoms. The van der Waals surface area contributed by atoms with Crippen molar-refractivity contribution >= 4 is 11.6 Å². The molecular formula is C13H18ClNO. The highest BCUT2D eigenvalue weighted by molar-refractivity contribution is 6.31. The Labute approximate surface area is 102 Å². The van der Waals surface area contributed by atoms with Gasteiger partial charge in [0.1, 0.15) is 5.75 Å². The lowest BCUT2D eigenvalue weighted by Gasteiger charge is -2.24. The van der Waals surface area contributed by atoms with Crippen molar-refractivity contribution in [1.82, 2.24) is 5.32 Å². The van der Waals surface area contributed by atoms with Crippen LogP contribution >= 0.6 is 11.6 Å². The summed E-state index contributed by atoms with van der Waals surface area (Å²) in [4.78, 5) is 0. The van der Waals surface area contributed by atoms with Crippen molar-refractivity contribution in [3.05, 3.63) is 28.3 Å². The molecule has 1 aliphatic rings. The van der Waals surface area contributed by atoms with E-state index < -0.39 is 0 Å². The molecule has 1 heterocycles. The molecule has 1 saturated heterocycles. The molecule has 0 aromatic heterocycles. The predicted molar refractivity (Wildman–Crippen MR) is 67.6 cm³/mol. The van der Waals surface area contributed by atoms with Gasteiger partial charge in [0, 0.05) is 11.6 Å². The van der Waals surface area contributed by atoms with Gasteiger partial charge in [-0.2, -0.15) is 0 Å². The van der Waals surface area contributed by atoms with Crippen LogP contribution in [-0.4, -0.2) is 20.2 Å². The number of methoxy groups -OCH3 is 1. The molecule has 2 rings (SSSR count). The molecule has 0 spiro atoms. The van der Waals surface area contributed by atoms with Crippen molar-refractivity contribution in [2.24, 2.45) is 0 Å². The maximum atomic E-state index is 6.31. The minimum absolute atomic E-state index is 0.524. The van der Waals surface area contributed by atoms with Crippen molar-refractivity contribution in [3.63, 3.8) is 0 Å². The first-order valence-electron chi connectivity index (χ1n) is 5.77. The zero-order chi connectivity index (χ0) is 11.5. The van der Waals surface area contributed by atoms with Gasteiger partial charge in [-0.1, -0.05) is 11.6 Å². The highest BCUT2D eigenvalue weighted by Gasteiger charge is 2.19. The third kappa shape index (κ3) is 2.33. The highest BCUT2D eigenvalue weighted by atomic mass is 35.5. The molecule has 0 saturated carbocycles. The maximum absolute atomic E-state index is 6.31. The summed E-state index contributed by atoms with van der Waals surface area (Å²) >= 11 is 6.31. The normalized spacial score (nSPS) is 20.8. The summed E-state index contributed by atoms with van der Waals surface area (Å²) in [6.45, 7) is 4.16. The molecule has 88 valence electrons. The first kappa shape index (κ1) is 11.7. The standard InChI is InChI=1S/C13H18ClNO/c1-9-6-12(14)11(7-13(9)16-2)10-4-3-5-15-8-10/h6-7,10,15H,3-5,8H2,1-2H3. The summed E-state index contributed by atoms with van der Waals surface area (Å²) in [6.07, 6.45) is 2.43. The zero-order valence-corrected chi connectivity index (χ0v) is 10.6. The van der Waals surface area contributed by atoms with Crippen LogP contribution < -0.4 is 10.1 Å². The van der Waals surface area contributed by atoms with E-state index in [1.165, 1.54) is 18.4 Å². The van der Waals surface area contributed by atoms with Crippen LogP contribution in [0.1, 0.15) is 29.9 Å². The van der Waals surface area contributed by atoms with E-state index in [0.717, 1.165) is 29.4 Å². The molecule has 0 amide bonds. The predicted octanol–water partition coefficient (Wildman–Crippen LogP) is 3.12. The second-order valence-corrected chi connectivity index (χ2v) is 4.79. The summed E-state index contributed by atoms with van der Waals surface area (Å²) in [6, 6.07) is 4.10. The molecule has 1 N–H and O–H groups in total. The van der Waals surface area contributed by atoms with E-state index in [1.807, 2.05) is 13.0 Å². The smallest absolute Gasteiger partial charge is 0.122 e. The summed E-state index contributed by atoms with van der Waals surface area (Å²) in [5, 5.41) is 4.28. The van der Waals surface area contributed by atoms with Crippen LogP contribution in [0.2, 0.25) is 5.02 Å². The quantitative estimate of drug-likeness (QED) is 0.856. The summed E-state index contributed by atoms with van der Waals surface area (Å²) < 4.78 is 5.35. The molecule has 16 heavy (non-hydrogen) atoms.